The van der Waals surface area contributed by atoms with E-state index in [9.17, 15) is 4.39 Å². The van der Waals surface area contributed by atoms with Crippen LogP contribution in [0.1, 0.15) is 0 Å². The number of aromatic nitrogens is 4. The van der Waals surface area contributed by atoms with Crippen molar-refractivity contribution in [2.45, 2.75) is 0 Å². The Labute approximate surface area is 161 Å². The highest BCUT2D eigenvalue weighted by Crippen LogP contribution is 2.29. The van der Waals surface area contributed by atoms with Crippen LogP contribution in [0.5, 0.6) is 0 Å². The molecule has 0 aliphatic carbocycles. The van der Waals surface area contributed by atoms with E-state index in [1.165, 1.54) is 12.1 Å². The lowest BCUT2D eigenvalue weighted by Gasteiger charge is -2.28. The summed E-state index contributed by atoms with van der Waals surface area (Å²) in [6, 6.07) is 14.3. The molecule has 4 heterocycles. The van der Waals surface area contributed by atoms with Gasteiger partial charge in [0.25, 0.3) is 0 Å². The van der Waals surface area contributed by atoms with Crippen LogP contribution < -0.4 is 10.2 Å². The van der Waals surface area contributed by atoms with Crippen LogP contribution in [0.15, 0.2) is 60.9 Å². The molecule has 4 aromatic rings. The number of nitrogens with one attached hydrogen (secondary N) is 1. The number of pyridine rings is 2. The monoisotopic (exact) mass is 374 g/mol. The van der Waals surface area contributed by atoms with E-state index in [1.54, 1.807) is 24.5 Å². The van der Waals surface area contributed by atoms with Gasteiger partial charge in [0.15, 0.2) is 5.65 Å². The highest BCUT2D eigenvalue weighted by molar-refractivity contribution is 5.81. The van der Waals surface area contributed by atoms with Gasteiger partial charge in [0, 0.05) is 44.1 Å². The highest BCUT2D eigenvalue weighted by Gasteiger charge is 2.18. The smallest absolute Gasteiger partial charge is 0.167 e. The first-order valence-corrected chi connectivity index (χ1v) is 9.31. The first-order chi connectivity index (χ1) is 13.8. The van der Waals surface area contributed by atoms with Gasteiger partial charge in [-0.15, -0.1) is 0 Å². The van der Waals surface area contributed by atoms with E-state index >= 15 is 0 Å². The van der Waals surface area contributed by atoms with Gasteiger partial charge in [0.1, 0.15) is 23.0 Å². The van der Waals surface area contributed by atoms with Crippen LogP contribution in [0.4, 0.5) is 10.2 Å². The zero-order chi connectivity index (χ0) is 18.9. The molecular weight excluding hydrogens is 355 g/mol. The fraction of sp³-hybridized carbons (Fsp3) is 0.190. The fourth-order valence-electron chi connectivity index (χ4n) is 3.55. The molecule has 1 saturated heterocycles. The van der Waals surface area contributed by atoms with Gasteiger partial charge in [-0.25, -0.2) is 14.4 Å². The number of imidazole rings is 1. The van der Waals surface area contributed by atoms with Gasteiger partial charge < -0.3 is 10.2 Å². The summed E-state index contributed by atoms with van der Waals surface area (Å²) in [6.45, 7) is 3.74. The Morgan fingerprint density at radius 1 is 0.857 bits per heavy atom. The van der Waals surface area contributed by atoms with Crippen molar-refractivity contribution in [3.63, 3.8) is 0 Å². The Kier molecular flexibility index (Phi) is 4.21. The Balaban J connectivity index is 1.71. The molecule has 28 heavy (non-hydrogen) atoms. The molecule has 1 N–H and O–H groups in total. The minimum atomic E-state index is -0.269. The molecule has 0 spiro atoms. The van der Waals surface area contributed by atoms with Gasteiger partial charge in [-0.1, -0.05) is 0 Å². The van der Waals surface area contributed by atoms with E-state index in [2.05, 4.69) is 15.2 Å². The van der Waals surface area contributed by atoms with Crippen LogP contribution in [-0.2, 0) is 0 Å². The number of nitrogens with zero attached hydrogens (tertiary/aromatic N) is 5. The predicted molar refractivity (Wildman–Crippen MR) is 107 cm³/mol. The molecule has 1 aromatic carbocycles. The van der Waals surface area contributed by atoms with Crippen LogP contribution in [-0.4, -0.2) is 45.7 Å². The summed E-state index contributed by atoms with van der Waals surface area (Å²) >= 11 is 0. The molecule has 1 aliphatic heterocycles. The third-order valence-electron chi connectivity index (χ3n) is 4.95. The maximum absolute atomic E-state index is 13.4. The number of piperazine rings is 1. The van der Waals surface area contributed by atoms with Gasteiger partial charge in [0.05, 0.1) is 5.69 Å². The number of fused-ring (bicyclic) bond motifs is 1. The first-order valence-electron chi connectivity index (χ1n) is 9.31. The third-order valence-corrected chi connectivity index (χ3v) is 4.95. The number of hydrogen-bond donors (Lipinski definition) is 1. The van der Waals surface area contributed by atoms with E-state index in [0.29, 0.717) is 0 Å². The molecule has 5 rings (SSSR count). The SMILES string of the molecule is Fc1ccc(-c2nc3ccc(N4CCNCC4)nc3n2-c2ccncc2)cc1. The normalized spacial score (nSPS) is 14.5. The fourth-order valence-corrected chi connectivity index (χ4v) is 3.55. The van der Waals surface area contributed by atoms with Crippen molar-refractivity contribution in [2.75, 3.05) is 31.1 Å². The first kappa shape index (κ1) is 16.8. The minimum absolute atomic E-state index is 0.269. The molecule has 3 aromatic heterocycles. The third kappa shape index (κ3) is 2.99. The Hall–Kier alpha value is -3.32. The topological polar surface area (TPSA) is 58.9 Å². The van der Waals surface area contributed by atoms with E-state index in [4.69, 9.17) is 9.97 Å². The molecule has 7 heteroatoms. The summed E-state index contributed by atoms with van der Waals surface area (Å²) in [6.07, 6.45) is 3.49. The van der Waals surface area contributed by atoms with Crippen molar-refractivity contribution >= 4 is 17.0 Å². The number of benzene rings is 1. The van der Waals surface area contributed by atoms with E-state index < -0.39 is 0 Å². The zero-order valence-corrected chi connectivity index (χ0v) is 15.2. The van der Waals surface area contributed by atoms with Crippen molar-refractivity contribution in [1.29, 1.82) is 0 Å². The summed E-state index contributed by atoms with van der Waals surface area (Å²) in [7, 11) is 0. The van der Waals surface area contributed by atoms with Crippen LogP contribution in [0, 0.1) is 5.82 Å². The molecule has 0 radical (unpaired) electrons. The van der Waals surface area contributed by atoms with Crippen molar-refractivity contribution < 1.29 is 4.39 Å². The molecule has 140 valence electrons. The Morgan fingerprint density at radius 2 is 1.61 bits per heavy atom. The number of rotatable bonds is 3. The molecule has 0 amide bonds. The molecule has 1 aliphatic rings. The van der Waals surface area contributed by atoms with E-state index in [-0.39, 0.29) is 5.82 Å². The van der Waals surface area contributed by atoms with Crippen LogP contribution in [0.3, 0.4) is 0 Å². The summed E-state index contributed by atoms with van der Waals surface area (Å²) in [5, 5.41) is 3.36. The summed E-state index contributed by atoms with van der Waals surface area (Å²) in [5.74, 6) is 1.40. The van der Waals surface area contributed by atoms with Crippen molar-refractivity contribution in [3.05, 3.63) is 66.7 Å². The predicted octanol–water partition coefficient (Wildman–Crippen LogP) is 3.03. The zero-order valence-electron chi connectivity index (χ0n) is 15.2. The summed E-state index contributed by atoms with van der Waals surface area (Å²) in [5.41, 5.74) is 3.33. The van der Waals surface area contributed by atoms with Gasteiger partial charge in [-0.3, -0.25) is 9.55 Å². The summed E-state index contributed by atoms with van der Waals surface area (Å²) in [4.78, 5) is 16.1. The van der Waals surface area contributed by atoms with Crippen LogP contribution in [0.25, 0.3) is 28.2 Å². The van der Waals surface area contributed by atoms with Crippen molar-refractivity contribution in [3.8, 4) is 17.1 Å². The van der Waals surface area contributed by atoms with Gasteiger partial charge in [-0.05, 0) is 48.5 Å². The summed E-state index contributed by atoms with van der Waals surface area (Å²) < 4.78 is 15.4. The Morgan fingerprint density at radius 3 is 2.36 bits per heavy atom. The van der Waals surface area contributed by atoms with Crippen molar-refractivity contribution in [2.24, 2.45) is 0 Å². The average Bonchev–Trinajstić information content (AvgIpc) is 3.14. The lowest BCUT2D eigenvalue weighted by Crippen LogP contribution is -2.43. The second-order valence-corrected chi connectivity index (χ2v) is 6.73. The second-order valence-electron chi connectivity index (χ2n) is 6.73. The molecular formula is C21H19FN6. The molecule has 0 atom stereocenters. The maximum atomic E-state index is 13.4. The quantitative estimate of drug-likeness (QED) is 0.597. The second kappa shape index (κ2) is 7.01. The van der Waals surface area contributed by atoms with Crippen molar-refractivity contribution in [1.82, 2.24) is 24.8 Å². The van der Waals surface area contributed by atoms with E-state index in [0.717, 1.165) is 60.2 Å². The van der Waals surface area contributed by atoms with Gasteiger partial charge in [0.2, 0.25) is 0 Å². The van der Waals surface area contributed by atoms with Crippen LogP contribution in [0.2, 0.25) is 0 Å². The minimum Gasteiger partial charge on any atom is -0.354 e. The molecule has 0 unspecified atom stereocenters. The largest absolute Gasteiger partial charge is 0.354 e. The molecule has 6 nitrogen and oxygen atoms in total. The lowest BCUT2D eigenvalue weighted by atomic mass is 10.2. The van der Waals surface area contributed by atoms with E-state index in [1.807, 2.05) is 28.8 Å². The number of halogens is 1. The van der Waals surface area contributed by atoms with Gasteiger partial charge >= 0.3 is 0 Å². The van der Waals surface area contributed by atoms with Gasteiger partial charge in [-0.2, -0.15) is 0 Å². The lowest BCUT2D eigenvalue weighted by molar-refractivity contribution is 0.585. The maximum Gasteiger partial charge on any atom is 0.167 e. The highest BCUT2D eigenvalue weighted by atomic mass is 19.1. The molecule has 1 fully saturated rings. The molecule has 0 saturated carbocycles. The standard InChI is InChI=1S/C21H19FN6/c22-16-3-1-15(2-4-16)20-25-18-5-6-19(27-13-11-24-12-14-27)26-21(18)28(20)17-7-9-23-10-8-17/h1-10,24H,11-14H2. The molecule has 0 bridgehead atoms. The average molecular weight is 374 g/mol. The number of anilines is 1. The van der Waals surface area contributed by atoms with Crippen LogP contribution >= 0.6 is 0 Å². The number of hydrogen-bond acceptors (Lipinski definition) is 5. The Bertz CT molecular complexity index is 1100.